The van der Waals surface area contributed by atoms with Gasteiger partial charge in [0.1, 0.15) is 18.4 Å². The van der Waals surface area contributed by atoms with Crippen molar-refractivity contribution in [2.24, 2.45) is 0 Å². The standard InChI is InChI=1S/C28H25ClN4O2S/c1-18-25(19(2)34)26(22-9-6-10-24(15-22)35-16-20-11-13-23(29)14-12-20)33-27(30-18)31-28(32-33)36-17-21-7-4-3-5-8-21/h3-15,26H,16-17H2,1-2H3,(H,30,31,32). The maximum absolute atomic E-state index is 12.7. The van der Waals surface area contributed by atoms with Crippen molar-refractivity contribution in [3.8, 4) is 5.75 Å². The third kappa shape index (κ3) is 5.32. The molecular weight excluding hydrogens is 492 g/mol. The monoisotopic (exact) mass is 516 g/mol. The van der Waals surface area contributed by atoms with Crippen molar-refractivity contribution in [2.45, 2.75) is 37.4 Å². The van der Waals surface area contributed by atoms with E-state index in [1.54, 1.807) is 23.4 Å². The fraction of sp³-hybridized carbons (Fsp3) is 0.179. The number of benzene rings is 3. The molecule has 6 nitrogen and oxygen atoms in total. The highest BCUT2D eigenvalue weighted by Crippen LogP contribution is 2.37. The highest BCUT2D eigenvalue weighted by atomic mass is 35.5. The van der Waals surface area contributed by atoms with Crippen LogP contribution in [0.4, 0.5) is 5.95 Å². The van der Waals surface area contributed by atoms with Crippen LogP contribution in [0.1, 0.15) is 36.6 Å². The number of ketones is 1. The first kappa shape index (κ1) is 24.2. The molecule has 0 saturated carbocycles. The summed E-state index contributed by atoms with van der Waals surface area (Å²) in [6.07, 6.45) is 0. The Balaban J connectivity index is 1.43. The lowest BCUT2D eigenvalue weighted by molar-refractivity contribution is -0.114. The molecule has 0 aliphatic carbocycles. The largest absolute Gasteiger partial charge is 0.489 e. The fourth-order valence-corrected chi connectivity index (χ4v) is 5.11. The van der Waals surface area contributed by atoms with Crippen molar-refractivity contribution in [3.63, 3.8) is 0 Å². The van der Waals surface area contributed by atoms with Crippen LogP contribution in [0.5, 0.6) is 5.75 Å². The average molecular weight is 517 g/mol. The van der Waals surface area contributed by atoms with Crippen LogP contribution in [0, 0.1) is 0 Å². The minimum atomic E-state index is -0.406. The summed E-state index contributed by atoms with van der Waals surface area (Å²) < 4.78 is 7.86. The Bertz CT molecular complexity index is 1420. The Morgan fingerprint density at radius 2 is 1.83 bits per heavy atom. The van der Waals surface area contributed by atoms with Gasteiger partial charge in [0.2, 0.25) is 11.1 Å². The van der Waals surface area contributed by atoms with E-state index in [9.17, 15) is 4.79 Å². The van der Waals surface area contributed by atoms with Gasteiger partial charge in [-0.05, 0) is 54.8 Å². The van der Waals surface area contributed by atoms with E-state index in [1.807, 2.05) is 73.7 Å². The topological polar surface area (TPSA) is 69.0 Å². The number of halogens is 1. The van der Waals surface area contributed by atoms with Crippen molar-refractivity contribution in [3.05, 3.63) is 112 Å². The molecule has 2 heterocycles. The highest BCUT2D eigenvalue weighted by Gasteiger charge is 2.33. The zero-order chi connectivity index (χ0) is 25.1. The predicted octanol–water partition coefficient (Wildman–Crippen LogP) is 6.68. The maximum Gasteiger partial charge on any atom is 0.227 e. The maximum atomic E-state index is 12.7. The minimum absolute atomic E-state index is 0.0166. The molecule has 8 heteroatoms. The first-order valence-corrected chi connectivity index (χ1v) is 12.9. The van der Waals surface area contributed by atoms with Crippen LogP contribution in [0.2, 0.25) is 5.02 Å². The number of hydrogen-bond acceptors (Lipinski definition) is 6. The second kappa shape index (κ2) is 10.6. The number of hydrogen-bond donors (Lipinski definition) is 1. The number of anilines is 1. The van der Waals surface area contributed by atoms with Gasteiger partial charge in [-0.25, -0.2) is 4.68 Å². The van der Waals surface area contributed by atoms with E-state index in [-0.39, 0.29) is 5.78 Å². The van der Waals surface area contributed by atoms with E-state index in [4.69, 9.17) is 26.4 Å². The molecule has 1 aliphatic rings. The van der Waals surface area contributed by atoms with Crippen LogP contribution < -0.4 is 10.1 Å². The highest BCUT2D eigenvalue weighted by molar-refractivity contribution is 7.98. The lowest BCUT2D eigenvalue weighted by Gasteiger charge is -2.28. The van der Waals surface area contributed by atoms with Crippen molar-refractivity contribution in [1.82, 2.24) is 14.8 Å². The van der Waals surface area contributed by atoms with Crippen molar-refractivity contribution in [2.75, 3.05) is 5.32 Å². The van der Waals surface area contributed by atoms with Gasteiger partial charge in [0.15, 0.2) is 5.78 Å². The number of thioether (sulfide) groups is 1. The number of ether oxygens (including phenoxy) is 1. The first-order chi connectivity index (χ1) is 17.5. The minimum Gasteiger partial charge on any atom is -0.489 e. The molecule has 1 N–H and O–H groups in total. The molecule has 0 fully saturated rings. The molecular formula is C28H25ClN4O2S. The molecule has 3 aromatic carbocycles. The smallest absolute Gasteiger partial charge is 0.227 e. The SMILES string of the molecule is CC(=O)C1=C(C)Nc2nc(SCc3ccccc3)nn2C1c1cccc(OCc2ccc(Cl)cc2)c1. The summed E-state index contributed by atoms with van der Waals surface area (Å²) in [6.45, 7) is 3.90. The third-order valence-electron chi connectivity index (χ3n) is 5.92. The van der Waals surface area contributed by atoms with Crippen LogP contribution in [0.15, 0.2) is 95.3 Å². The molecule has 1 aliphatic heterocycles. The van der Waals surface area contributed by atoms with E-state index < -0.39 is 6.04 Å². The van der Waals surface area contributed by atoms with Gasteiger partial charge in [-0.3, -0.25) is 4.79 Å². The van der Waals surface area contributed by atoms with Gasteiger partial charge in [-0.1, -0.05) is 78.0 Å². The van der Waals surface area contributed by atoms with Crippen molar-refractivity contribution >= 4 is 35.1 Å². The van der Waals surface area contributed by atoms with Gasteiger partial charge in [-0.15, -0.1) is 5.10 Å². The number of rotatable bonds is 8. The first-order valence-electron chi connectivity index (χ1n) is 11.6. The van der Waals surface area contributed by atoms with Gasteiger partial charge in [0.25, 0.3) is 0 Å². The molecule has 0 saturated heterocycles. The summed E-state index contributed by atoms with van der Waals surface area (Å²) in [5.41, 5.74) is 4.55. The van der Waals surface area contributed by atoms with Crippen molar-refractivity contribution < 1.29 is 9.53 Å². The molecule has 5 rings (SSSR count). The molecule has 182 valence electrons. The molecule has 0 radical (unpaired) electrons. The van der Waals surface area contributed by atoms with Gasteiger partial charge in [0, 0.05) is 22.0 Å². The Morgan fingerprint density at radius 1 is 1.06 bits per heavy atom. The summed E-state index contributed by atoms with van der Waals surface area (Å²) >= 11 is 7.55. The van der Waals surface area contributed by atoms with Gasteiger partial charge in [0.05, 0.1) is 0 Å². The Hall–Kier alpha value is -3.55. The van der Waals surface area contributed by atoms with Crippen LogP contribution in [-0.4, -0.2) is 20.5 Å². The summed E-state index contributed by atoms with van der Waals surface area (Å²) in [6, 6.07) is 25.2. The van der Waals surface area contributed by atoms with E-state index in [1.165, 1.54) is 5.56 Å². The third-order valence-corrected chi connectivity index (χ3v) is 7.08. The molecule has 36 heavy (non-hydrogen) atoms. The Kier molecular flexibility index (Phi) is 7.11. The zero-order valence-electron chi connectivity index (χ0n) is 19.9. The van der Waals surface area contributed by atoms with Crippen LogP contribution in [-0.2, 0) is 17.2 Å². The van der Waals surface area contributed by atoms with Crippen LogP contribution >= 0.6 is 23.4 Å². The predicted molar refractivity (Wildman–Crippen MR) is 143 cm³/mol. The number of nitrogens with one attached hydrogen (secondary N) is 1. The van der Waals surface area contributed by atoms with E-state index in [2.05, 4.69) is 17.4 Å². The van der Waals surface area contributed by atoms with Crippen LogP contribution in [0.3, 0.4) is 0 Å². The molecule has 4 aromatic rings. The number of carbonyl (C=O) groups is 1. The molecule has 1 atom stereocenters. The second-order valence-electron chi connectivity index (χ2n) is 8.55. The van der Waals surface area contributed by atoms with Gasteiger partial charge >= 0.3 is 0 Å². The Morgan fingerprint density at radius 3 is 2.58 bits per heavy atom. The molecule has 1 unspecified atom stereocenters. The molecule has 0 bridgehead atoms. The summed E-state index contributed by atoms with van der Waals surface area (Å²) in [5.74, 6) is 2.07. The van der Waals surface area contributed by atoms with Crippen molar-refractivity contribution in [1.29, 1.82) is 0 Å². The second-order valence-corrected chi connectivity index (χ2v) is 9.93. The summed E-state index contributed by atoms with van der Waals surface area (Å²) in [4.78, 5) is 17.4. The van der Waals surface area contributed by atoms with E-state index in [0.29, 0.717) is 34.1 Å². The molecule has 1 aromatic heterocycles. The zero-order valence-corrected chi connectivity index (χ0v) is 21.5. The number of carbonyl (C=O) groups excluding carboxylic acids is 1. The number of aromatic nitrogens is 3. The lowest BCUT2D eigenvalue weighted by atomic mass is 9.93. The molecule has 0 spiro atoms. The normalized spacial score (nSPS) is 14.8. The Labute approximate surface area is 219 Å². The average Bonchev–Trinajstić information content (AvgIpc) is 3.29. The fourth-order valence-electron chi connectivity index (χ4n) is 4.20. The van der Waals surface area contributed by atoms with Crippen LogP contribution in [0.25, 0.3) is 0 Å². The number of fused-ring (bicyclic) bond motifs is 1. The van der Waals surface area contributed by atoms with E-state index >= 15 is 0 Å². The summed E-state index contributed by atoms with van der Waals surface area (Å²) in [5, 5.41) is 9.40. The number of Topliss-reactive ketones (excluding diaryl/α,β-unsaturated/α-hetero) is 1. The van der Waals surface area contributed by atoms with E-state index in [0.717, 1.165) is 22.6 Å². The van der Waals surface area contributed by atoms with Gasteiger partial charge < -0.3 is 10.1 Å². The van der Waals surface area contributed by atoms with Gasteiger partial charge in [-0.2, -0.15) is 4.98 Å². The number of allylic oxidation sites excluding steroid dienone is 2. The summed E-state index contributed by atoms with van der Waals surface area (Å²) in [7, 11) is 0. The molecule has 0 amide bonds. The quantitative estimate of drug-likeness (QED) is 0.263. The number of nitrogens with zero attached hydrogens (tertiary/aromatic N) is 3. The lowest BCUT2D eigenvalue weighted by Crippen LogP contribution is -2.27.